The molecule has 4 heterocycles. The average Bonchev–Trinajstić information content (AvgIpc) is 3.34. The molecule has 0 saturated carbocycles. The molecule has 14 N–H and O–H groups in total. The molecule has 4 aliphatic rings. The summed E-state index contributed by atoms with van der Waals surface area (Å²) in [4.78, 5) is 0. The molecule has 0 aromatic carbocycles. The maximum absolute atomic E-state index is 10.5. The predicted octanol–water partition coefficient (Wildman–Crippen LogP) is -9.58. The molecule has 49 heavy (non-hydrogen) atoms. The smallest absolute Gasteiger partial charge is 0.143 e. The van der Waals surface area contributed by atoms with Gasteiger partial charge in [0.15, 0.2) is 0 Å². The minimum Gasteiger partial charge on any atom is -0.394 e. The Morgan fingerprint density at radius 3 is 1.04 bits per heavy atom. The van der Waals surface area contributed by atoms with E-state index >= 15 is 0 Å². The van der Waals surface area contributed by atoms with Crippen molar-refractivity contribution in [1.82, 2.24) is 0 Å². The molecule has 19 atom stereocenters. The minimum absolute atomic E-state index is 0.371. The first-order valence-corrected chi connectivity index (χ1v) is 15.9. The first-order valence-electron chi connectivity index (χ1n) is 15.9. The van der Waals surface area contributed by atoms with Gasteiger partial charge in [0.25, 0.3) is 0 Å². The standard InChI is InChI=1S/C28H50O21/c29-1-10-17(32)24(39)18(33)12(46-10)3-43-4-13-19(34)25(40)20(35)14(47-13)5-44-6-15-21(36)26(41)22(37)16(48-15)7-45-9-28(8-31)27(42)23(38)11(2-30)49-28/h10-27,29-42H,1-9H2/t10?,11?,12?,13?,14?,15?,16?,17-,18+,19-,20+,21+,22+,23-,24+,25+,26+,27+,28-/m0/s1. The Balaban J connectivity index is 1.26. The van der Waals surface area contributed by atoms with E-state index in [1.165, 1.54) is 0 Å². The van der Waals surface area contributed by atoms with Gasteiger partial charge in [0.2, 0.25) is 0 Å². The van der Waals surface area contributed by atoms with E-state index in [0.29, 0.717) is 0 Å². The Kier molecular flexibility index (Phi) is 14.9. The lowest BCUT2D eigenvalue weighted by atomic mass is 9.94. The molecule has 0 amide bonds. The van der Waals surface area contributed by atoms with Crippen molar-refractivity contribution >= 4 is 0 Å². The highest BCUT2D eigenvalue weighted by molar-refractivity contribution is 5.02. The van der Waals surface area contributed by atoms with Crippen LogP contribution in [0.25, 0.3) is 0 Å². The largest absolute Gasteiger partial charge is 0.394 e. The predicted molar refractivity (Wildman–Crippen MR) is 153 cm³/mol. The second-order valence-electron chi connectivity index (χ2n) is 12.8. The van der Waals surface area contributed by atoms with Crippen LogP contribution in [0, 0.1) is 0 Å². The van der Waals surface area contributed by atoms with Gasteiger partial charge in [0.1, 0.15) is 115 Å². The molecule has 0 bridgehead atoms. The average molecular weight is 723 g/mol. The summed E-state index contributed by atoms with van der Waals surface area (Å²) in [6, 6.07) is 0. The van der Waals surface area contributed by atoms with Crippen LogP contribution in [0.4, 0.5) is 0 Å². The number of hydrogen-bond donors (Lipinski definition) is 14. The molecule has 21 heteroatoms. The normalized spacial score (nSPS) is 49.3. The van der Waals surface area contributed by atoms with Gasteiger partial charge in [-0.3, -0.25) is 0 Å². The van der Waals surface area contributed by atoms with Crippen LogP contribution in [0.1, 0.15) is 0 Å². The molecule has 0 spiro atoms. The molecule has 0 radical (unpaired) electrons. The monoisotopic (exact) mass is 722 g/mol. The highest BCUT2D eigenvalue weighted by Crippen LogP contribution is 2.32. The number of ether oxygens (including phenoxy) is 7. The second-order valence-corrected chi connectivity index (χ2v) is 12.8. The maximum Gasteiger partial charge on any atom is 0.143 e. The molecular formula is C28H50O21. The summed E-state index contributed by atoms with van der Waals surface area (Å²) in [6.45, 7) is -4.66. The van der Waals surface area contributed by atoms with E-state index in [9.17, 15) is 71.5 Å². The molecular weight excluding hydrogens is 672 g/mol. The fourth-order valence-corrected chi connectivity index (χ4v) is 6.27. The van der Waals surface area contributed by atoms with Crippen molar-refractivity contribution < 1.29 is 105 Å². The van der Waals surface area contributed by atoms with Crippen molar-refractivity contribution in [3.63, 3.8) is 0 Å². The minimum atomic E-state index is -1.80. The lowest BCUT2D eigenvalue weighted by Gasteiger charge is -2.42. The Bertz CT molecular complexity index is 996. The van der Waals surface area contributed by atoms with E-state index in [4.69, 9.17) is 33.2 Å². The van der Waals surface area contributed by atoms with Crippen molar-refractivity contribution in [3.8, 4) is 0 Å². The molecule has 0 aliphatic carbocycles. The molecule has 0 aromatic heterocycles. The van der Waals surface area contributed by atoms with Crippen molar-refractivity contribution in [2.45, 2.75) is 115 Å². The van der Waals surface area contributed by atoms with E-state index in [1.807, 2.05) is 0 Å². The number of hydrogen-bond acceptors (Lipinski definition) is 21. The van der Waals surface area contributed by atoms with Crippen LogP contribution in [-0.2, 0) is 33.2 Å². The zero-order chi connectivity index (χ0) is 36.2. The van der Waals surface area contributed by atoms with Gasteiger partial charge in [-0.25, -0.2) is 0 Å². The molecule has 4 saturated heterocycles. The molecule has 21 nitrogen and oxygen atoms in total. The van der Waals surface area contributed by atoms with E-state index in [2.05, 4.69) is 0 Å². The summed E-state index contributed by atoms with van der Waals surface area (Å²) in [7, 11) is 0. The van der Waals surface area contributed by atoms with Crippen molar-refractivity contribution in [1.29, 1.82) is 0 Å². The van der Waals surface area contributed by atoms with Gasteiger partial charge in [0, 0.05) is 0 Å². The zero-order valence-electron chi connectivity index (χ0n) is 26.4. The van der Waals surface area contributed by atoms with Crippen molar-refractivity contribution in [2.24, 2.45) is 0 Å². The summed E-state index contributed by atoms with van der Waals surface area (Å²) in [5.41, 5.74) is -1.80. The molecule has 288 valence electrons. The molecule has 4 rings (SSSR count). The van der Waals surface area contributed by atoms with Gasteiger partial charge in [0.05, 0.1) is 59.5 Å². The van der Waals surface area contributed by atoms with Crippen LogP contribution >= 0.6 is 0 Å². The highest BCUT2D eigenvalue weighted by atomic mass is 16.6. The van der Waals surface area contributed by atoms with Gasteiger partial charge in [-0.2, -0.15) is 0 Å². The van der Waals surface area contributed by atoms with E-state index in [-0.39, 0.29) is 6.61 Å². The van der Waals surface area contributed by atoms with Crippen LogP contribution < -0.4 is 0 Å². The van der Waals surface area contributed by atoms with Crippen LogP contribution in [0.3, 0.4) is 0 Å². The zero-order valence-corrected chi connectivity index (χ0v) is 26.4. The van der Waals surface area contributed by atoms with Gasteiger partial charge in [-0.1, -0.05) is 0 Å². The fraction of sp³-hybridized carbons (Fsp3) is 1.00. The lowest BCUT2D eigenvalue weighted by Crippen LogP contribution is -2.61. The van der Waals surface area contributed by atoms with Crippen LogP contribution in [0.5, 0.6) is 0 Å². The topological polar surface area (TPSA) is 348 Å². The Hall–Kier alpha value is -0.840. The lowest BCUT2D eigenvalue weighted by molar-refractivity contribution is -0.263. The number of rotatable bonds is 15. The first-order chi connectivity index (χ1) is 23.2. The van der Waals surface area contributed by atoms with Crippen molar-refractivity contribution in [3.05, 3.63) is 0 Å². The van der Waals surface area contributed by atoms with Crippen LogP contribution in [-0.4, -0.2) is 246 Å². The first kappa shape index (κ1) is 40.9. The molecule has 4 aliphatic heterocycles. The molecule has 7 unspecified atom stereocenters. The van der Waals surface area contributed by atoms with Crippen LogP contribution in [0.15, 0.2) is 0 Å². The maximum atomic E-state index is 10.5. The Morgan fingerprint density at radius 2 is 0.714 bits per heavy atom. The third-order valence-corrected chi connectivity index (χ3v) is 9.45. The quantitative estimate of drug-likeness (QED) is 0.0746. The molecule has 0 aromatic rings. The number of aliphatic hydroxyl groups is 14. The SMILES string of the molecule is OCC1OC(COCC2OC(COCC3OC(COC[C@]4(CO)OC(CO)[C@H](O)[C@H]4O)[C@@H](O)[C@H](O)[C@@H]3O)[C@@H](O)[C@H](O)[C@H]2O)[C@@H](O)[C@H](O)[C@H]1O. The summed E-state index contributed by atoms with van der Waals surface area (Å²) in [5, 5.41) is 142. The summed E-state index contributed by atoms with van der Waals surface area (Å²) < 4.78 is 38.6. The fourth-order valence-electron chi connectivity index (χ4n) is 6.27. The Morgan fingerprint density at radius 1 is 0.388 bits per heavy atom. The third-order valence-electron chi connectivity index (χ3n) is 9.45. The Labute approximate surface area is 279 Å². The van der Waals surface area contributed by atoms with Gasteiger partial charge in [-0.05, 0) is 0 Å². The third kappa shape index (κ3) is 8.87. The second kappa shape index (κ2) is 17.8. The van der Waals surface area contributed by atoms with Crippen LogP contribution in [0.2, 0.25) is 0 Å². The summed E-state index contributed by atoms with van der Waals surface area (Å²) in [6.07, 6.45) is -26.4. The van der Waals surface area contributed by atoms with Gasteiger partial charge < -0.3 is 105 Å². The highest BCUT2D eigenvalue weighted by Gasteiger charge is 2.54. The van der Waals surface area contributed by atoms with E-state index in [0.717, 1.165) is 0 Å². The summed E-state index contributed by atoms with van der Waals surface area (Å²) >= 11 is 0. The number of aliphatic hydroxyl groups excluding tert-OH is 14. The van der Waals surface area contributed by atoms with Gasteiger partial charge >= 0.3 is 0 Å². The van der Waals surface area contributed by atoms with Crippen molar-refractivity contribution in [2.75, 3.05) is 59.5 Å². The van der Waals surface area contributed by atoms with E-state index < -0.39 is 168 Å². The van der Waals surface area contributed by atoms with Gasteiger partial charge in [-0.15, -0.1) is 0 Å². The van der Waals surface area contributed by atoms with E-state index in [1.54, 1.807) is 0 Å². The molecule has 4 fully saturated rings. The summed E-state index contributed by atoms with van der Waals surface area (Å²) in [5.74, 6) is 0.